The van der Waals surface area contributed by atoms with E-state index in [1.54, 1.807) is 12.1 Å². The highest BCUT2D eigenvalue weighted by molar-refractivity contribution is 5.53. The fraction of sp³-hybridized carbons (Fsp3) is 0.250. The van der Waals surface area contributed by atoms with Crippen molar-refractivity contribution in [3.8, 4) is 5.75 Å². The van der Waals surface area contributed by atoms with Gasteiger partial charge in [-0.25, -0.2) is 0 Å². The molecule has 0 aliphatic heterocycles. The molecule has 0 saturated carbocycles. The van der Waals surface area contributed by atoms with Gasteiger partial charge >= 0.3 is 0 Å². The molecule has 2 N–H and O–H groups in total. The number of nitro benzene ring substituents is 1. The number of likely N-dealkylation sites (N-methyl/N-ethyl adjacent to an activating group) is 1. The Morgan fingerprint density at radius 2 is 1.53 bits per heavy atom. The van der Waals surface area contributed by atoms with Crippen LogP contribution >= 0.6 is 0 Å². The van der Waals surface area contributed by atoms with Gasteiger partial charge in [-0.3, -0.25) is 10.1 Å². The summed E-state index contributed by atoms with van der Waals surface area (Å²) < 4.78 is 5.88. The molecular weight excluding hydrogens is 406 g/mol. The molecule has 0 aromatic heterocycles. The number of nitrogens with two attached hydrogens (primary N) is 1. The maximum Gasteiger partial charge on any atom is 0.269 e. The second-order valence-electron chi connectivity index (χ2n) is 7.10. The fourth-order valence-electron chi connectivity index (χ4n) is 3.15. The van der Waals surface area contributed by atoms with Crippen LogP contribution in [0, 0.1) is 10.1 Å². The van der Waals surface area contributed by atoms with Gasteiger partial charge in [0.15, 0.2) is 0 Å². The second kappa shape index (κ2) is 11.6. The van der Waals surface area contributed by atoms with Crippen LogP contribution < -0.4 is 15.4 Å². The molecule has 0 amide bonds. The summed E-state index contributed by atoms with van der Waals surface area (Å²) in [7, 11) is 0. The van der Waals surface area contributed by atoms with Gasteiger partial charge in [-0.05, 0) is 74.0 Å². The van der Waals surface area contributed by atoms with Gasteiger partial charge in [0, 0.05) is 24.4 Å². The first-order valence-electron chi connectivity index (χ1n) is 10.5. The molecular formula is C24H27N5O3. The van der Waals surface area contributed by atoms with Gasteiger partial charge < -0.3 is 15.4 Å². The highest BCUT2D eigenvalue weighted by Crippen LogP contribution is 2.23. The Hall–Kier alpha value is -3.78. The van der Waals surface area contributed by atoms with Crippen molar-refractivity contribution in [1.82, 2.24) is 0 Å². The fourth-order valence-corrected chi connectivity index (χ4v) is 3.15. The van der Waals surface area contributed by atoms with E-state index in [1.165, 1.54) is 17.7 Å². The van der Waals surface area contributed by atoms with Crippen molar-refractivity contribution in [3.05, 3.63) is 88.5 Å². The molecule has 0 fully saturated rings. The summed E-state index contributed by atoms with van der Waals surface area (Å²) in [5.41, 5.74) is 9.16. The minimum Gasteiger partial charge on any atom is -0.492 e. The minimum atomic E-state index is -0.441. The summed E-state index contributed by atoms with van der Waals surface area (Å²) >= 11 is 0. The maximum atomic E-state index is 10.7. The third-order valence-electron chi connectivity index (χ3n) is 4.92. The van der Waals surface area contributed by atoms with Crippen LogP contribution in [0.1, 0.15) is 12.5 Å². The molecule has 166 valence electrons. The second-order valence-corrected chi connectivity index (χ2v) is 7.10. The van der Waals surface area contributed by atoms with E-state index in [4.69, 9.17) is 10.5 Å². The number of nitrogens with zero attached hydrogens (tertiary/aromatic N) is 4. The number of azo groups is 1. The zero-order valence-electron chi connectivity index (χ0n) is 18.1. The normalized spacial score (nSPS) is 10.9. The van der Waals surface area contributed by atoms with Crippen LogP contribution in [0.4, 0.5) is 22.7 Å². The van der Waals surface area contributed by atoms with Crippen LogP contribution in [0.2, 0.25) is 0 Å². The van der Waals surface area contributed by atoms with E-state index in [1.807, 2.05) is 48.5 Å². The van der Waals surface area contributed by atoms with Crippen LogP contribution in [0.15, 0.2) is 83.0 Å². The molecule has 0 aliphatic rings. The number of benzene rings is 3. The van der Waals surface area contributed by atoms with Crippen molar-refractivity contribution >= 4 is 22.7 Å². The van der Waals surface area contributed by atoms with Gasteiger partial charge in [0.1, 0.15) is 12.4 Å². The molecule has 32 heavy (non-hydrogen) atoms. The first kappa shape index (κ1) is 22.9. The molecule has 8 nitrogen and oxygen atoms in total. The maximum absolute atomic E-state index is 10.7. The molecule has 0 bridgehead atoms. The average molecular weight is 434 g/mol. The number of nitro groups is 1. The van der Waals surface area contributed by atoms with Gasteiger partial charge in [-0.15, -0.1) is 0 Å². The molecule has 3 aromatic rings. The first-order chi connectivity index (χ1) is 15.6. The number of anilines is 1. The van der Waals surface area contributed by atoms with E-state index in [-0.39, 0.29) is 5.69 Å². The zero-order chi connectivity index (χ0) is 22.8. The van der Waals surface area contributed by atoms with E-state index < -0.39 is 4.92 Å². The SMILES string of the molecule is CCN(CCOc1ccc(CCN)cc1)c1ccc(N=Nc2ccc([N+](=O)[O-])cc2)cc1. The molecule has 0 spiro atoms. The Balaban J connectivity index is 1.53. The minimum absolute atomic E-state index is 0.0283. The average Bonchev–Trinajstić information content (AvgIpc) is 2.82. The smallest absolute Gasteiger partial charge is 0.269 e. The Morgan fingerprint density at radius 3 is 2.06 bits per heavy atom. The third kappa shape index (κ3) is 6.61. The molecule has 0 unspecified atom stereocenters. The topological polar surface area (TPSA) is 106 Å². The lowest BCUT2D eigenvalue weighted by Gasteiger charge is -2.23. The van der Waals surface area contributed by atoms with Crippen molar-refractivity contribution < 1.29 is 9.66 Å². The lowest BCUT2D eigenvalue weighted by Crippen LogP contribution is -2.27. The van der Waals surface area contributed by atoms with Gasteiger partial charge in [0.2, 0.25) is 0 Å². The summed E-state index contributed by atoms with van der Waals surface area (Å²) in [4.78, 5) is 12.5. The van der Waals surface area contributed by atoms with Crippen LogP contribution in [-0.2, 0) is 6.42 Å². The van der Waals surface area contributed by atoms with Crippen LogP contribution in [0.3, 0.4) is 0 Å². The van der Waals surface area contributed by atoms with E-state index >= 15 is 0 Å². The number of hydrogen-bond acceptors (Lipinski definition) is 7. The van der Waals surface area contributed by atoms with Gasteiger partial charge in [-0.1, -0.05) is 12.1 Å². The van der Waals surface area contributed by atoms with Gasteiger partial charge in [0.25, 0.3) is 5.69 Å². The predicted molar refractivity (Wildman–Crippen MR) is 126 cm³/mol. The summed E-state index contributed by atoms with van der Waals surface area (Å²) in [5.74, 6) is 0.851. The quantitative estimate of drug-likeness (QED) is 0.247. The molecule has 3 aromatic carbocycles. The molecule has 0 aliphatic carbocycles. The lowest BCUT2D eigenvalue weighted by atomic mass is 10.1. The van der Waals surface area contributed by atoms with Gasteiger partial charge in [-0.2, -0.15) is 10.2 Å². The first-order valence-corrected chi connectivity index (χ1v) is 10.5. The Morgan fingerprint density at radius 1 is 0.938 bits per heavy atom. The zero-order valence-corrected chi connectivity index (χ0v) is 18.1. The number of hydrogen-bond donors (Lipinski definition) is 1. The van der Waals surface area contributed by atoms with Crippen LogP contribution in [-0.4, -0.2) is 31.2 Å². The Labute approximate surface area is 187 Å². The van der Waals surface area contributed by atoms with Gasteiger partial charge in [0.05, 0.1) is 22.8 Å². The van der Waals surface area contributed by atoms with E-state index in [9.17, 15) is 10.1 Å². The van der Waals surface area contributed by atoms with Crippen molar-refractivity contribution in [1.29, 1.82) is 0 Å². The number of ether oxygens (including phenoxy) is 1. The summed E-state index contributed by atoms with van der Waals surface area (Å²) in [6.45, 7) is 4.92. The summed E-state index contributed by atoms with van der Waals surface area (Å²) in [6.07, 6.45) is 0.868. The van der Waals surface area contributed by atoms with E-state index in [2.05, 4.69) is 22.1 Å². The predicted octanol–water partition coefficient (Wildman–Crippen LogP) is 5.42. The summed E-state index contributed by atoms with van der Waals surface area (Å²) in [6, 6.07) is 21.8. The highest BCUT2D eigenvalue weighted by Gasteiger charge is 2.06. The van der Waals surface area contributed by atoms with E-state index in [0.29, 0.717) is 24.5 Å². The lowest BCUT2D eigenvalue weighted by molar-refractivity contribution is -0.384. The van der Waals surface area contributed by atoms with Crippen molar-refractivity contribution in [2.75, 3.05) is 31.1 Å². The number of non-ortho nitro benzene ring substituents is 1. The highest BCUT2D eigenvalue weighted by atomic mass is 16.6. The molecule has 0 radical (unpaired) electrons. The van der Waals surface area contributed by atoms with Crippen molar-refractivity contribution in [2.24, 2.45) is 16.0 Å². The van der Waals surface area contributed by atoms with Crippen LogP contribution in [0.25, 0.3) is 0 Å². The monoisotopic (exact) mass is 433 g/mol. The van der Waals surface area contributed by atoms with E-state index in [0.717, 1.165) is 30.9 Å². The number of rotatable bonds is 11. The van der Waals surface area contributed by atoms with Crippen molar-refractivity contribution in [2.45, 2.75) is 13.3 Å². The molecule has 3 rings (SSSR count). The van der Waals surface area contributed by atoms with Crippen molar-refractivity contribution in [3.63, 3.8) is 0 Å². The molecule has 0 saturated heterocycles. The van der Waals surface area contributed by atoms with Crippen LogP contribution in [0.5, 0.6) is 5.75 Å². The summed E-state index contributed by atoms with van der Waals surface area (Å²) in [5, 5.41) is 19.0. The third-order valence-corrected chi connectivity index (χ3v) is 4.92. The Kier molecular flexibility index (Phi) is 8.28. The molecule has 8 heteroatoms. The Bertz CT molecular complexity index is 1020. The molecule has 0 heterocycles. The molecule has 0 atom stereocenters. The standard InChI is InChI=1S/C24H27N5O3/c1-2-28(17-18-32-24-13-3-19(4-14-24)15-16-25)22-9-5-20(6-10-22)26-27-21-7-11-23(12-8-21)29(30)31/h3-14H,2,15-18,25H2,1H3. The largest absolute Gasteiger partial charge is 0.492 e.